The SMILES string of the molecule is CC(O)C(NC(=O)C1=CC2OC(C3CC3)(C3CC3)OC2C(OC(=O)c2ccccc2C=C2CCC3OC3(C)CCC3C2CC3(C)C)C1)C(=O)NC(CO)CCC(=O)OC(C)(C)C. The molecule has 1 aromatic rings. The van der Waals surface area contributed by atoms with E-state index >= 15 is 0 Å². The Bertz CT molecular complexity index is 1950. The van der Waals surface area contributed by atoms with Gasteiger partial charge in [0.25, 0.3) is 0 Å². The zero-order valence-electron chi connectivity index (χ0n) is 37.6. The van der Waals surface area contributed by atoms with E-state index in [0.717, 1.165) is 63.4 Å². The van der Waals surface area contributed by atoms with Gasteiger partial charge in [0.2, 0.25) is 11.8 Å². The Labute approximate surface area is 366 Å². The maximum absolute atomic E-state index is 14.5. The first-order valence-electron chi connectivity index (χ1n) is 23.2. The van der Waals surface area contributed by atoms with Crippen LogP contribution in [0.15, 0.2) is 41.5 Å². The Balaban J connectivity index is 1.00. The number of ether oxygens (including phenoxy) is 5. The summed E-state index contributed by atoms with van der Waals surface area (Å²) in [5.41, 5.74) is 2.35. The molecule has 0 aromatic heterocycles. The van der Waals surface area contributed by atoms with Gasteiger partial charge in [-0.3, -0.25) is 14.4 Å². The lowest BCUT2D eigenvalue weighted by Gasteiger charge is -2.53. The molecule has 2 amide bonds. The molecular formula is C49H68N2O11. The fraction of sp³-hybridized carbons (Fsp3) is 0.714. The van der Waals surface area contributed by atoms with Crippen LogP contribution in [0.25, 0.3) is 6.08 Å². The summed E-state index contributed by atoms with van der Waals surface area (Å²) in [5, 5.41) is 26.1. The third-order valence-electron chi connectivity index (χ3n) is 14.6. The van der Waals surface area contributed by atoms with E-state index < -0.39 is 78.2 Å². The topological polar surface area (TPSA) is 182 Å². The highest BCUT2D eigenvalue weighted by molar-refractivity contribution is 5.98. The van der Waals surface area contributed by atoms with Crippen LogP contribution in [-0.4, -0.2) is 100 Å². The van der Waals surface area contributed by atoms with Crippen molar-refractivity contribution in [3.8, 4) is 0 Å². The van der Waals surface area contributed by atoms with Crippen molar-refractivity contribution in [1.82, 2.24) is 10.6 Å². The van der Waals surface area contributed by atoms with Crippen molar-refractivity contribution < 1.29 is 53.1 Å². The van der Waals surface area contributed by atoms with Crippen molar-refractivity contribution in [2.75, 3.05) is 6.61 Å². The van der Waals surface area contributed by atoms with E-state index in [2.05, 4.69) is 37.5 Å². The Morgan fingerprint density at radius 2 is 1.68 bits per heavy atom. The van der Waals surface area contributed by atoms with E-state index in [1.807, 2.05) is 18.2 Å². The van der Waals surface area contributed by atoms with E-state index in [1.54, 1.807) is 32.9 Å². The minimum atomic E-state index is -1.39. The molecule has 13 nitrogen and oxygen atoms in total. The number of esters is 2. The number of benzene rings is 1. The van der Waals surface area contributed by atoms with Gasteiger partial charge >= 0.3 is 11.9 Å². The predicted octanol–water partition coefficient (Wildman–Crippen LogP) is 6.08. The number of aliphatic hydroxyl groups is 2. The molecule has 8 rings (SSSR count). The molecule has 2 saturated heterocycles. The van der Waals surface area contributed by atoms with Gasteiger partial charge in [-0.15, -0.1) is 0 Å². The molecule has 0 spiro atoms. The Kier molecular flexibility index (Phi) is 12.4. The average molecular weight is 861 g/mol. The molecule has 13 heteroatoms. The van der Waals surface area contributed by atoms with E-state index in [9.17, 15) is 29.4 Å². The number of carbonyl (C=O) groups excluding carboxylic acids is 4. The number of nitrogens with one attached hydrogen (secondary N) is 2. The standard InChI is InChI=1S/C49H68N2O11/c1-27(53)41(44(56)50-33(26-52)17-19-40(54)61-46(2,3)4)51-43(55)30-23-37(42-38(24-30)59-49(62-42,31-13-14-31)32-15-16-32)58-45(57)34-11-9-8-10-28(34)22-29-12-18-39-48(7,60-39)21-20-36-35(29)25-47(36,5)6/h8-11,22,24,27,31-33,35-39,41-42,52-53H,12-21,23,25-26H2,1-7H3,(H,50,56)(H,51,55). The normalized spacial score (nSPS) is 33.0. The second kappa shape index (κ2) is 17.1. The van der Waals surface area contributed by atoms with Gasteiger partial charge in [0.05, 0.1) is 36.0 Å². The maximum atomic E-state index is 14.5. The maximum Gasteiger partial charge on any atom is 0.339 e. The van der Waals surface area contributed by atoms with E-state index in [4.69, 9.17) is 23.7 Å². The molecule has 10 unspecified atom stereocenters. The summed E-state index contributed by atoms with van der Waals surface area (Å²) in [6.07, 6.45) is 9.76. The first kappa shape index (κ1) is 45.0. The second-order valence-electron chi connectivity index (χ2n) is 21.2. The van der Waals surface area contributed by atoms with Gasteiger partial charge in [-0.25, -0.2) is 4.79 Å². The molecule has 2 aliphatic heterocycles. The van der Waals surface area contributed by atoms with Crippen LogP contribution in [0.3, 0.4) is 0 Å². The highest BCUT2D eigenvalue weighted by Gasteiger charge is 2.65. The lowest BCUT2D eigenvalue weighted by molar-refractivity contribution is -0.209. The molecular weight excluding hydrogens is 793 g/mol. The first-order chi connectivity index (χ1) is 29.3. The van der Waals surface area contributed by atoms with Crippen LogP contribution in [-0.2, 0) is 38.1 Å². The van der Waals surface area contributed by atoms with Crippen molar-refractivity contribution >= 4 is 29.8 Å². The number of fused-ring (bicyclic) bond motifs is 3. The highest BCUT2D eigenvalue weighted by atomic mass is 16.8. The fourth-order valence-electron chi connectivity index (χ4n) is 10.8. The molecule has 6 fully saturated rings. The van der Waals surface area contributed by atoms with Gasteiger partial charge in [-0.05, 0) is 134 Å². The van der Waals surface area contributed by atoms with Crippen LogP contribution in [0, 0.1) is 29.1 Å². The summed E-state index contributed by atoms with van der Waals surface area (Å²) in [5.74, 6) is -1.72. The minimum absolute atomic E-state index is 0.000928. The van der Waals surface area contributed by atoms with Gasteiger partial charge < -0.3 is 44.5 Å². The number of carbonyl (C=O) groups is 4. The van der Waals surface area contributed by atoms with Gasteiger partial charge in [-0.2, -0.15) is 0 Å². The van der Waals surface area contributed by atoms with Gasteiger partial charge in [0.1, 0.15) is 30.0 Å². The third kappa shape index (κ3) is 9.58. The Morgan fingerprint density at radius 3 is 2.32 bits per heavy atom. The lowest BCUT2D eigenvalue weighted by atomic mass is 9.52. The Morgan fingerprint density at radius 1 is 0.968 bits per heavy atom. The molecule has 0 bridgehead atoms. The zero-order chi connectivity index (χ0) is 44.4. The molecule has 0 radical (unpaired) electrons. The Hall–Kier alpha value is -3.62. The summed E-state index contributed by atoms with van der Waals surface area (Å²) < 4.78 is 31.6. The van der Waals surface area contributed by atoms with Crippen LogP contribution >= 0.6 is 0 Å². The van der Waals surface area contributed by atoms with E-state index in [0.29, 0.717) is 17.4 Å². The number of hydrogen-bond acceptors (Lipinski definition) is 11. The number of allylic oxidation sites excluding steroid dienone is 1. The number of rotatable bonds is 14. The van der Waals surface area contributed by atoms with Crippen molar-refractivity contribution in [3.63, 3.8) is 0 Å². The van der Waals surface area contributed by atoms with Gasteiger partial charge in [-0.1, -0.05) is 43.7 Å². The third-order valence-corrected chi connectivity index (χ3v) is 14.6. The average Bonchev–Trinajstić information content (AvgIpc) is 4.12. The van der Waals surface area contributed by atoms with Crippen LogP contribution in [0.1, 0.15) is 141 Å². The van der Waals surface area contributed by atoms with E-state index in [-0.39, 0.29) is 53.8 Å². The summed E-state index contributed by atoms with van der Waals surface area (Å²) in [6.45, 7) is 13.1. The summed E-state index contributed by atoms with van der Waals surface area (Å²) in [7, 11) is 0. The minimum Gasteiger partial charge on any atom is -0.460 e. The quantitative estimate of drug-likeness (QED) is 0.126. The van der Waals surface area contributed by atoms with Gasteiger partial charge in [0.15, 0.2) is 5.79 Å². The zero-order valence-corrected chi connectivity index (χ0v) is 37.6. The van der Waals surface area contributed by atoms with Crippen molar-refractivity contribution in [2.45, 2.75) is 185 Å². The second-order valence-corrected chi connectivity index (χ2v) is 21.2. The monoisotopic (exact) mass is 860 g/mol. The molecule has 62 heavy (non-hydrogen) atoms. The molecule has 2 heterocycles. The lowest BCUT2D eigenvalue weighted by Crippen LogP contribution is -2.55. The first-order valence-corrected chi connectivity index (χ1v) is 23.2. The predicted molar refractivity (Wildman–Crippen MR) is 229 cm³/mol. The number of amides is 2. The number of hydrogen-bond donors (Lipinski definition) is 4. The smallest absolute Gasteiger partial charge is 0.339 e. The largest absolute Gasteiger partial charge is 0.460 e. The summed E-state index contributed by atoms with van der Waals surface area (Å²) >= 11 is 0. The molecule has 10 atom stereocenters. The van der Waals surface area contributed by atoms with Crippen molar-refractivity contribution in [1.29, 1.82) is 0 Å². The number of aliphatic hydroxyl groups excluding tert-OH is 2. The molecule has 4 N–H and O–H groups in total. The van der Waals surface area contributed by atoms with Crippen LogP contribution in [0.2, 0.25) is 0 Å². The highest BCUT2D eigenvalue weighted by Crippen LogP contribution is 2.61. The molecule has 1 aromatic carbocycles. The molecule has 5 aliphatic carbocycles. The molecule has 4 saturated carbocycles. The van der Waals surface area contributed by atoms with E-state index in [1.165, 1.54) is 12.5 Å². The summed E-state index contributed by atoms with van der Waals surface area (Å²) in [6, 6.07) is 5.32. The fourth-order valence-corrected chi connectivity index (χ4v) is 10.8. The van der Waals surface area contributed by atoms with Crippen LogP contribution in [0.5, 0.6) is 0 Å². The van der Waals surface area contributed by atoms with Crippen molar-refractivity contribution in [2.24, 2.45) is 29.1 Å². The number of epoxide rings is 1. The van der Waals surface area contributed by atoms with Crippen LogP contribution < -0.4 is 10.6 Å². The summed E-state index contributed by atoms with van der Waals surface area (Å²) in [4.78, 5) is 54.4. The molecule has 7 aliphatic rings. The van der Waals surface area contributed by atoms with Crippen molar-refractivity contribution in [3.05, 3.63) is 52.6 Å². The molecule has 340 valence electrons. The van der Waals surface area contributed by atoms with Gasteiger partial charge in [0, 0.05) is 30.3 Å². The van der Waals surface area contributed by atoms with Crippen LogP contribution in [0.4, 0.5) is 0 Å².